The molecule has 4 heteroatoms. The van der Waals surface area contributed by atoms with Gasteiger partial charge in [0.2, 0.25) is 5.91 Å². The zero-order valence-corrected chi connectivity index (χ0v) is 10.9. The standard InChI is InChI=1S/C13H19NO2S/c1-2-10(12-7-4-8-17-12)14-13(16)9-5-3-6-11(9)15/h4,7-11,15H,2-3,5-6H2,1H3,(H,14,16). The maximum absolute atomic E-state index is 12.1. The summed E-state index contributed by atoms with van der Waals surface area (Å²) in [4.78, 5) is 13.2. The van der Waals surface area contributed by atoms with Gasteiger partial charge in [-0.05, 0) is 37.1 Å². The maximum Gasteiger partial charge on any atom is 0.226 e. The summed E-state index contributed by atoms with van der Waals surface area (Å²) in [5.74, 6) is -0.195. The lowest BCUT2D eigenvalue weighted by Gasteiger charge is -2.20. The Kier molecular flexibility index (Phi) is 4.18. The van der Waals surface area contributed by atoms with Gasteiger partial charge in [0.25, 0.3) is 0 Å². The number of carbonyl (C=O) groups excluding carboxylic acids is 1. The zero-order chi connectivity index (χ0) is 12.3. The highest BCUT2D eigenvalue weighted by atomic mass is 32.1. The molecule has 3 nitrogen and oxygen atoms in total. The highest BCUT2D eigenvalue weighted by Gasteiger charge is 2.32. The zero-order valence-electron chi connectivity index (χ0n) is 10.1. The number of rotatable bonds is 4. The molecule has 0 spiro atoms. The molecule has 1 heterocycles. The molecule has 1 aromatic heterocycles. The summed E-state index contributed by atoms with van der Waals surface area (Å²) in [6, 6.07) is 4.14. The van der Waals surface area contributed by atoms with Crippen molar-refractivity contribution in [1.29, 1.82) is 0 Å². The van der Waals surface area contributed by atoms with Crippen LogP contribution in [0.4, 0.5) is 0 Å². The molecule has 0 bridgehead atoms. The molecule has 3 unspecified atom stereocenters. The summed E-state index contributed by atoms with van der Waals surface area (Å²) in [5, 5.41) is 14.8. The minimum absolute atomic E-state index is 0.00949. The van der Waals surface area contributed by atoms with Crippen molar-refractivity contribution in [3.05, 3.63) is 22.4 Å². The Hall–Kier alpha value is -0.870. The van der Waals surface area contributed by atoms with Gasteiger partial charge in [-0.25, -0.2) is 0 Å². The average molecular weight is 253 g/mol. The first-order chi connectivity index (χ1) is 8.22. The van der Waals surface area contributed by atoms with Gasteiger partial charge in [-0.3, -0.25) is 4.79 Å². The van der Waals surface area contributed by atoms with Crippen molar-refractivity contribution in [1.82, 2.24) is 5.32 Å². The number of aliphatic hydroxyl groups is 1. The molecule has 1 aliphatic carbocycles. The van der Waals surface area contributed by atoms with Gasteiger partial charge in [0.15, 0.2) is 0 Å². The lowest BCUT2D eigenvalue weighted by molar-refractivity contribution is -0.128. The molecule has 94 valence electrons. The molecule has 1 saturated carbocycles. The Morgan fingerprint density at radius 2 is 2.47 bits per heavy atom. The molecule has 1 fully saturated rings. The van der Waals surface area contributed by atoms with E-state index in [0.29, 0.717) is 0 Å². The van der Waals surface area contributed by atoms with Crippen molar-refractivity contribution in [3.63, 3.8) is 0 Å². The predicted octanol–water partition coefficient (Wildman–Crippen LogP) is 2.48. The number of hydrogen-bond acceptors (Lipinski definition) is 3. The number of nitrogens with one attached hydrogen (secondary N) is 1. The first kappa shape index (κ1) is 12.6. The van der Waals surface area contributed by atoms with Crippen LogP contribution in [0.2, 0.25) is 0 Å². The van der Waals surface area contributed by atoms with E-state index in [1.165, 1.54) is 4.88 Å². The quantitative estimate of drug-likeness (QED) is 0.866. The number of hydrogen-bond donors (Lipinski definition) is 2. The van der Waals surface area contributed by atoms with Crippen LogP contribution in [0.3, 0.4) is 0 Å². The van der Waals surface area contributed by atoms with Gasteiger partial charge >= 0.3 is 0 Å². The van der Waals surface area contributed by atoms with Gasteiger partial charge < -0.3 is 10.4 Å². The smallest absolute Gasteiger partial charge is 0.226 e. The van der Waals surface area contributed by atoms with E-state index in [1.54, 1.807) is 11.3 Å². The van der Waals surface area contributed by atoms with Gasteiger partial charge in [-0.15, -0.1) is 11.3 Å². The van der Waals surface area contributed by atoms with E-state index >= 15 is 0 Å². The van der Waals surface area contributed by atoms with E-state index < -0.39 is 6.10 Å². The molecule has 2 N–H and O–H groups in total. The minimum atomic E-state index is -0.448. The molecule has 3 atom stereocenters. The number of carbonyl (C=O) groups is 1. The van der Waals surface area contributed by atoms with Crippen molar-refractivity contribution in [2.75, 3.05) is 0 Å². The van der Waals surface area contributed by atoms with E-state index in [9.17, 15) is 9.90 Å². The Morgan fingerprint density at radius 1 is 1.65 bits per heavy atom. The normalized spacial score (nSPS) is 25.8. The van der Waals surface area contributed by atoms with Gasteiger partial charge in [-0.2, -0.15) is 0 Å². The number of aliphatic hydroxyl groups excluding tert-OH is 1. The van der Waals surface area contributed by atoms with E-state index in [1.807, 2.05) is 17.5 Å². The van der Waals surface area contributed by atoms with Gasteiger partial charge in [0.1, 0.15) is 0 Å². The Labute approximate surface area is 106 Å². The van der Waals surface area contributed by atoms with Crippen LogP contribution in [-0.2, 0) is 4.79 Å². The van der Waals surface area contributed by atoms with E-state index in [4.69, 9.17) is 0 Å². The minimum Gasteiger partial charge on any atom is -0.392 e. The monoisotopic (exact) mass is 253 g/mol. The van der Waals surface area contributed by atoms with Crippen molar-refractivity contribution in [3.8, 4) is 0 Å². The predicted molar refractivity (Wildman–Crippen MR) is 68.8 cm³/mol. The molecular formula is C13H19NO2S. The Bertz CT molecular complexity index is 364. The van der Waals surface area contributed by atoms with Crippen molar-refractivity contribution < 1.29 is 9.90 Å². The van der Waals surface area contributed by atoms with Crippen LogP contribution >= 0.6 is 11.3 Å². The van der Waals surface area contributed by atoms with Crippen LogP contribution in [0.1, 0.15) is 43.5 Å². The fourth-order valence-corrected chi connectivity index (χ4v) is 3.25. The van der Waals surface area contributed by atoms with Crippen LogP contribution < -0.4 is 5.32 Å². The number of amides is 1. The van der Waals surface area contributed by atoms with Gasteiger partial charge in [0, 0.05) is 4.88 Å². The third-order valence-corrected chi connectivity index (χ3v) is 4.41. The fourth-order valence-electron chi connectivity index (χ4n) is 2.39. The number of thiophene rings is 1. The molecule has 0 radical (unpaired) electrons. The molecule has 0 aliphatic heterocycles. The van der Waals surface area contributed by atoms with E-state index in [0.717, 1.165) is 25.7 Å². The third kappa shape index (κ3) is 2.87. The Morgan fingerprint density at radius 3 is 3.00 bits per heavy atom. The van der Waals surface area contributed by atoms with Crippen LogP contribution in [0, 0.1) is 5.92 Å². The van der Waals surface area contributed by atoms with Crippen LogP contribution in [0.25, 0.3) is 0 Å². The first-order valence-corrected chi connectivity index (χ1v) is 7.12. The summed E-state index contributed by atoms with van der Waals surface area (Å²) in [6.07, 6.45) is 2.96. The molecule has 0 saturated heterocycles. The van der Waals surface area contributed by atoms with Crippen LogP contribution in [-0.4, -0.2) is 17.1 Å². The summed E-state index contributed by atoms with van der Waals surface area (Å²) in [6.45, 7) is 2.07. The average Bonchev–Trinajstić information content (AvgIpc) is 2.96. The van der Waals surface area contributed by atoms with Crippen molar-refractivity contribution in [2.45, 2.75) is 44.8 Å². The van der Waals surface area contributed by atoms with Crippen LogP contribution in [0.5, 0.6) is 0 Å². The third-order valence-electron chi connectivity index (χ3n) is 3.43. The first-order valence-electron chi connectivity index (χ1n) is 6.24. The second kappa shape index (κ2) is 5.65. The summed E-state index contributed by atoms with van der Waals surface area (Å²) in [7, 11) is 0. The summed E-state index contributed by atoms with van der Waals surface area (Å²) in [5.41, 5.74) is 0. The maximum atomic E-state index is 12.1. The Balaban J connectivity index is 1.97. The summed E-state index contributed by atoms with van der Waals surface area (Å²) >= 11 is 1.66. The SMILES string of the molecule is CCC(NC(=O)C1CCCC1O)c1cccs1. The second-order valence-corrected chi connectivity index (χ2v) is 5.57. The lowest BCUT2D eigenvalue weighted by Crippen LogP contribution is -2.36. The molecule has 1 aromatic rings. The van der Waals surface area contributed by atoms with Crippen molar-refractivity contribution >= 4 is 17.2 Å². The summed E-state index contributed by atoms with van der Waals surface area (Å²) < 4.78 is 0. The topological polar surface area (TPSA) is 49.3 Å². The highest BCUT2D eigenvalue weighted by Crippen LogP contribution is 2.28. The molecule has 1 amide bonds. The van der Waals surface area contributed by atoms with Gasteiger partial charge in [-0.1, -0.05) is 13.0 Å². The van der Waals surface area contributed by atoms with Crippen LogP contribution in [0.15, 0.2) is 17.5 Å². The fraction of sp³-hybridized carbons (Fsp3) is 0.615. The molecule has 0 aromatic carbocycles. The second-order valence-electron chi connectivity index (χ2n) is 4.59. The largest absolute Gasteiger partial charge is 0.392 e. The highest BCUT2D eigenvalue weighted by molar-refractivity contribution is 7.10. The molecule has 1 aliphatic rings. The molecule has 2 rings (SSSR count). The molecular weight excluding hydrogens is 234 g/mol. The van der Waals surface area contributed by atoms with E-state index in [-0.39, 0.29) is 17.9 Å². The molecule has 17 heavy (non-hydrogen) atoms. The van der Waals surface area contributed by atoms with Gasteiger partial charge in [0.05, 0.1) is 18.1 Å². The van der Waals surface area contributed by atoms with Crippen molar-refractivity contribution in [2.24, 2.45) is 5.92 Å². The lowest BCUT2D eigenvalue weighted by atomic mass is 10.0. The van der Waals surface area contributed by atoms with E-state index in [2.05, 4.69) is 12.2 Å².